The molecule has 2 amide bonds. The van der Waals surface area contributed by atoms with Gasteiger partial charge in [0.15, 0.2) is 0 Å². The molecule has 1 saturated carbocycles. The van der Waals surface area contributed by atoms with E-state index in [9.17, 15) is 9.59 Å². The molecule has 3 N–H and O–H groups in total. The van der Waals surface area contributed by atoms with Crippen LogP contribution in [0.3, 0.4) is 0 Å². The third-order valence-electron chi connectivity index (χ3n) is 8.50. The number of hydrogen-bond acceptors (Lipinski definition) is 4. The van der Waals surface area contributed by atoms with Gasteiger partial charge < -0.3 is 20.5 Å². The predicted molar refractivity (Wildman–Crippen MR) is 158 cm³/mol. The van der Waals surface area contributed by atoms with Crippen molar-refractivity contribution in [3.05, 3.63) is 89.0 Å². The first-order valence-corrected chi connectivity index (χ1v) is 14.7. The van der Waals surface area contributed by atoms with Crippen molar-refractivity contribution in [1.82, 2.24) is 19.8 Å². The minimum absolute atomic E-state index is 0.00241. The van der Waals surface area contributed by atoms with E-state index in [2.05, 4.69) is 54.9 Å². The third kappa shape index (κ3) is 6.64. The number of rotatable bonds is 7. The van der Waals surface area contributed by atoms with Gasteiger partial charge in [-0.15, -0.1) is 0 Å². The van der Waals surface area contributed by atoms with Crippen LogP contribution in [0.2, 0.25) is 0 Å². The highest BCUT2D eigenvalue weighted by molar-refractivity contribution is 5.88. The van der Waals surface area contributed by atoms with E-state index < -0.39 is 6.04 Å². The monoisotopic (exact) mass is 541 g/mol. The summed E-state index contributed by atoms with van der Waals surface area (Å²) in [6.07, 6.45) is 6.91. The van der Waals surface area contributed by atoms with Gasteiger partial charge in [-0.2, -0.15) is 0 Å². The average Bonchev–Trinajstić information content (AvgIpc) is 3.34. The molecule has 3 aromatic rings. The molecule has 7 nitrogen and oxygen atoms in total. The molecular formula is C33H43N5O2. The number of hydrogen-bond donors (Lipinski definition) is 2. The summed E-state index contributed by atoms with van der Waals surface area (Å²) in [5.74, 6) is -0.0749. The van der Waals surface area contributed by atoms with Gasteiger partial charge in [-0.3, -0.25) is 9.59 Å². The van der Waals surface area contributed by atoms with E-state index >= 15 is 0 Å². The molecule has 2 aliphatic rings. The Morgan fingerprint density at radius 1 is 0.975 bits per heavy atom. The van der Waals surface area contributed by atoms with Gasteiger partial charge in [-0.05, 0) is 54.2 Å². The third-order valence-corrected chi connectivity index (χ3v) is 8.50. The van der Waals surface area contributed by atoms with E-state index in [-0.39, 0.29) is 29.3 Å². The Morgan fingerprint density at radius 3 is 2.35 bits per heavy atom. The number of benzene rings is 2. The van der Waals surface area contributed by atoms with Gasteiger partial charge in [-0.25, -0.2) is 4.98 Å². The lowest BCUT2D eigenvalue weighted by molar-refractivity contribution is -0.142. The zero-order chi connectivity index (χ0) is 28.3. The van der Waals surface area contributed by atoms with Crippen LogP contribution in [0.25, 0.3) is 0 Å². The maximum absolute atomic E-state index is 13.7. The van der Waals surface area contributed by atoms with Gasteiger partial charge in [0.2, 0.25) is 11.8 Å². The summed E-state index contributed by atoms with van der Waals surface area (Å²) in [5.41, 5.74) is 11.7. The molecule has 1 fully saturated rings. The molecule has 1 aliphatic carbocycles. The van der Waals surface area contributed by atoms with Crippen molar-refractivity contribution in [3.8, 4) is 0 Å². The lowest BCUT2D eigenvalue weighted by Crippen LogP contribution is -2.55. The quantitative estimate of drug-likeness (QED) is 0.461. The smallest absolute Gasteiger partial charge is 0.243 e. The number of aromatic nitrogens is 2. The average molecular weight is 542 g/mol. The lowest BCUT2D eigenvalue weighted by Gasteiger charge is -2.36. The summed E-state index contributed by atoms with van der Waals surface area (Å²) in [6, 6.07) is 18.5. The van der Waals surface area contributed by atoms with E-state index in [1.165, 1.54) is 11.1 Å². The molecule has 7 heteroatoms. The van der Waals surface area contributed by atoms with Crippen molar-refractivity contribution < 1.29 is 9.59 Å². The summed E-state index contributed by atoms with van der Waals surface area (Å²) in [6.45, 7) is 7.71. The first-order valence-electron chi connectivity index (χ1n) is 14.7. The van der Waals surface area contributed by atoms with Gasteiger partial charge >= 0.3 is 0 Å². The van der Waals surface area contributed by atoms with Gasteiger partial charge in [0.05, 0.1) is 24.3 Å². The second-order valence-corrected chi connectivity index (χ2v) is 12.6. The van der Waals surface area contributed by atoms with E-state index in [0.29, 0.717) is 32.4 Å². The minimum atomic E-state index is -0.555. The Kier molecular flexibility index (Phi) is 8.40. The van der Waals surface area contributed by atoms with Crippen LogP contribution in [0.1, 0.15) is 81.0 Å². The maximum Gasteiger partial charge on any atom is 0.243 e. The first-order chi connectivity index (χ1) is 19.2. The summed E-state index contributed by atoms with van der Waals surface area (Å²) in [4.78, 5) is 33.7. The van der Waals surface area contributed by atoms with Crippen molar-refractivity contribution in [3.63, 3.8) is 0 Å². The largest absolute Gasteiger partial charge is 0.352 e. The van der Waals surface area contributed by atoms with Crippen LogP contribution < -0.4 is 11.1 Å². The van der Waals surface area contributed by atoms with Gasteiger partial charge in [-0.1, -0.05) is 75.4 Å². The highest BCUT2D eigenvalue weighted by atomic mass is 16.2. The SMILES string of the molecule is CC(C)(C)c1ccc(Cn2cnc3c2CN(C(=O)CCc2ccccc2)C(C(=O)NC2CCC(N)CC2)C3)cc1. The van der Waals surface area contributed by atoms with Crippen molar-refractivity contribution in [2.45, 2.75) is 102 Å². The zero-order valence-corrected chi connectivity index (χ0v) is 24.1. The van der Waals surface area contributed by atoms with Crippen LogP contribution in [0, 0.1) is 0 Å². The number of aryl methyl sites for hydroxylation is 1. The zero-order valence-electron chi connectivity index (χ0n) is 24.1. The van der Waals surface area contributed by atoms with Crippen LogP contribution in [0.15, 0.2) is 60.9 Å². The normalized spacial score (nSPS) is 21.1. The number of carbonyl (C=O) groups is 2. The van der Waals surface area contributed by atoms with E-state index in [0.717, 1.165) is 42.6 Å². The Hall–Kier alpha value is -3.45. The Balaban J connectivity index is 1.34. The molecule has 40 heavy (non-hydrogen) atoms. The second-order valence-electron chi connectivity index (χ2n) is 12.6. The van der Waals surface area contributed by atoms with Crippen LogP contribution >= 0.6 is 0 Å². The lowest BCUT2D eigenvalue weighted by atomic mass is 9.87. The molecule has 0 radical (unpaired) electrons. The van der Waals surface area contributed by atoms with Gasteiger partial charge in [0.25, 0.3) is 0 Å². The van der Waals surface area contributed by atoms with Crippen molar-refractivity contribution in [2.75, 3.05) is 0 Å². The summed E-state index contributed by atoms with van der Waals surface area (Å²) >= 11 is 0. The summed E-state index contributed by atoms with van der Waals surface area (Å²) in [5, 5.41) is 3.24. The molecule has 1 atom stereocenters. The molecule has 2 heterocycles. The number of nitrogens with zero attached hydrogens (tertiary/aromatic N) is 3. The number of imidazole rings is 1. The Morgan fingerprint density at radius 2 is 1.68 bits per heavy atom. The first kappa shape index (κ1) is 28.1. The van der Waals surface area contributed by atoms with Crippen LogP contribution in [-0.2, 0) is 40.9 Å². The van der Waals surface area contributed by atoms with Crippen LogP contribution in [0.5, 0.6) is 0 Å². The molecule has 1 unspecified atom stereocenters. The predicted octanol–water partition coefficient (Wildman–Crippen LogP) is 4.50. The number of fused-ring (bicyclic) bond motifs is 1. The second kappa shape index (κ2) is 12.0. The Labute approximate surface area is 238 Å². The van der Waals surface area contributed by atoms with Crippen LogP contribution in [0.4, 0.5) is 0 Å². The van der Waals surface area contributed by atoms with Crippen molar-refractivity contribution in [1.29, 1.82) is 0 Å². The Bertz CT molecular complexity index is 1300. The minimum Gasteiger partial charge on any atom is -0.352 e. The fraction of sp³-hybridized carbons (Fsp3) is 0.485. The topological polar surface area (TPSA) is 93.2 Å². The number of nitrogens with two attached hydrogens (primary N) is 1. The summed E-state index contributed by atoms with van der Waals surface area (Å²) in [7, 11) is 0. The van der Waals surface area contributed by atoms with Gasteiger partial charge in [0.1, 0.15) is 6.04 Å². The number of nitrogens with one attached hydrogen (secondary N) is 1. The molecule has 5 rings (SSSR count). The molecule has 0 bridgehead atoms. The molecule has 212 valence electrons. The molecule has 1 aromatic heterocycles. The standard InChI is InChI=1S/C33H43N5O2/c1-33(2,3)25-12-9-24(10-13-25)20-37-22-35-28-19-29(32(40)36-27-16-14-26(34)15-17-27)38(21-30(28)37)31(39)18-11-23-7-5-4-6-8-23/h4-10,12-13,22,26-27,29H,11,14-21,34H2,1-3H3,(H,36,40). The molecule has 2 aromatic carbocycles. The number of carbonyl (C=O) groups excluding carboxylic acids is 2. The van der Waals surface area contributed by atoms with Gasteiger partial charge in [0, 0.05) is 31.5 Å². The van der Waals surface area contributed by atoms with E-state index in [4.69, 9.17) is 10.7 Å². The highest BCUT2D eigenvalue weighted by Gasteiger charge is 2.37. The summed E-state index contributed by atoms with van der Waals surface area (Å²) < 4.78 is 2.13. The van der Waals surface area contributed by atoms with E-state index in [1.54, 1.807) is 4.90 Å². The fourth-order valence-electron chi connectivity index (χ4n) is 5.91. The number of amides is 2. The molecule has 0 spiro atoms. The maximum atomic E-state index is 13.7. The molecular weight excluding hydrogens is 498 g/mol. The van der Waals surface area contributed by atoms with Crippen molar-refractivity contribution >= 4 is 11.8 Å². The fourth-order valence-corrected chi connectivity index (χ4v) is 5.91. The molecule has 0 saturated heterocycles. The molecule has 1 aliphatic heterocycles. The van der Waals surface area contributed by atoms with Crippen LogP contribution in [-0.4, -0.2) is 44.4 Å². The highest BCUT2D eigenvalue weighted by Crippen LogP contribution is 2.27. The van der Waals surface area contributed by atoms with E-state index in [1.807, 2.05) is 36.7 Å². The van der Waals surface area contributed by atoms with Crippen molar-refractivity contribution in [2.24, 2.45) is 5.73 Å².